The zero-order valence-electron chi connectivity index (χ0n) is 10.3. The Labute approximate surface area is 118 Å². The van der Waals surface area contributed by atoms with Crippen LogP contribution < -0.4 is 0 Å². The molecule has 1 heterocycles. The number of aromatic nitrogens is 1. The molecule has 3 nitrogen and oxygen atoms in total. The highest BCUT2D eigenvalue weighted by Gasteiger charge is 2.21. The molecule has 20 heavy (non-hydrogen) atoms. The van der Waals surface area contributed by atoms with Crippen LogP contribution >= 0.6 is 0 Å². The highest BCUT2D eigenvalue weighted by atomic mass is 32.2. The van der Waals surface area contributed by atoms with Crippen LogP contribution in [0.3, 0.4) is 0 Å². The molecular weight excluding hydrogens is 277 g/mol. The van der Waals surface area contributed by atoms with Crippen LogP contribution in [0.4, 0.5) is 4.39 Å². The average molecular weight is 287 g/mol. The van der Waals surface area contributed by atoms with E-state index in [2.05, 4.69) is 0 Å². The van der Waals surface area contributed by atoms with Crippen molar-refractivity contribution in [1.29, 1.82) is 0 Å². The molecule has 2 aromatic carbocycles. The predicted octanol–water partition coefficient (Wildman–Crippen LogP) is 3.16. The van der Waals surface area contributed by atoms with E-state index >= 15 is 0 Å². The van der Waals surface area contributed by atoms with Gasteiger partial charge < -0.3 is 4.55 Å². The van der Waals surface area contributed by atoms with Gasteiger partial charge in [0.05, 0.1) is 0 Å². The van der Waals surface area contributed by atoms with Crippen LogP contribution in [0.5, 0.6) is 0 Å². The Bertz CT molecular complexity index is 770. The van der Waals surface area contributed by atoms with Gasteiger partial charge in [-0.05, 0) is 30.3 Å². The molecule has 0 bridgehead atoms. The molecule has 5 heteroatoms. The number of fused-ring (bicyclic) bond motifs is 1. The van der Waals surface area contributed by atoms with Gasteiger partial charge in [-0.3, -0.25) is 4.79 Å². The summed E-state index contributed by atoms with van der Waals surface area (Å²) in [7, 11) is 0. The molecule has 0 amide bonds. The number of halogens is 1. The summed E-state index contributed by atoms with van der Waals surface area (Å²) in [4.78, 5) is 11.7. The lowest BCUT2D eigenvalue weighted by molar-refractivity contribution is 0.111. The van der Waals surface area contributed by atoms with Gasteiger partial charge >= 0.3 is 0 Å². The molecule has 0 aliphatic rings. The van der Waals surface area contributed by atoms with E-state index < -0.39 is 17.2 Å². The van der Waals surface area contributed by atoms with Crippen LogP contribution in [-0.2, 0) is 11.4 Å². The minimum atomic E-state index is -1.59. The number of aldehydes is 1. The van der Waals surface area contributed by atoms with Crippen LogP contribution in [-0.4, -0.2) is 14.8 Å². The van der Waals surface area contributed by atoms with E-state index in [9.17, 15) is 13.7 Å². The number of benzene rings is 2. The molecule has 0 spiro atoms. The van der Waals surface area contributed by atoms with Gasteiger partial charge in [0.25, 0.3) is 0 Å². The second kappa shape index (κ2) is 5.11. The Morgan fingerprint density at radius 2 is 1.85 bits per heavy atom. The summed E-state index contributed by atoms with van der Waals surface area (Å²) >= 11 is -1.59. The van der Waals surface area contributed by atoms with E-state index in [4.69, 9.17) is 0 Å². The second-order valence-electron chi connectivity index (χ2n) is 4.25. The normalized spacial score (nSPS) is 12.5. The van der Waals surface area contributed by atoms with Crippen molar-refractivity contribution in [2.24, 2.45) is 0 Å². The summed E-state index contributed by atoms with van der Waals surface area (Å²) in [6.07, 6.45) is 0.624. The van der Waals surface area contributed by atoms with E-state index in [-0.39, 0.29) is 5.69 Å². The lowest BCUT2D eigenvalue weighted by Gasteiger charge is -2.12. The van der Waals surface area contributed by atoms with Gasteiger partial charge in [0, 0.05) is 11.5 Å². The van der Waals surface area contributed by atoms with Crippen molar-refractivity contribution in [2.75, 3.05) is 0 Å². The standard InChI is InChI=1S/C15H10FNO2S/c16-12-7-6-11-8-13(10-18)17(15(11)9-12)20(19)14-4-2-1-3-5-14/h1-10H. The first-order chi connectivity index (χ1) is 9.70. The highest BCUT2D eigenvalue weighted by molar-refractivity contribution is 7.90. The van der Waals surface area contributed by atoms with Crippen molar-refractivity contribution in [3.05, 3.63) is 66.1 Å². The van der Waals surface area contributed by atoms with Crippen LogP contribution in [0.15, 0.2) is 59.5 Å². The molecular formula is C15H10FNO2S. The third-order valence-electron chi connectivity index (χ3n) is 2.98. The summed E-state index contributed by atoms with van der Waals surface area (Å²) in [5, 5.41) is 0.679. The van der Waals surface area contributed by atoms with Gasteiger partial charge in [-0.1, -0.05) is 18.2 Å². The van der Waals surface area contributed by atoms with E-state index in [1.807, 2.05) is 6.07 Å². The fourth-order valence-electron chi connectivity index (χ4n) is 2.08. The first kappa shape index (κ1) is 12.9. The van der Waals surface area contributed by atoms with Crippen molar-refractivity contribution in [2.45, 2.75) is 4.90 Å². The fourth-order valence-corrected chi connectivity index (χ4v) is 3.31. The number of nitrogens with zero attached hydrogens (tertiary/aromatic N) is 1. The zero-order valence-corrected chi connectivity index (χ0v) is 11.1. The minimum absolute atomic E-state index is 0.257. The molecule has 1 unspecified atom stereocenters. The lowest BCUT2D eigenvalue weighted by Crippen LogP contribution is -2.15. The second-order valence-corrected chi connectivity index (χ2v) is 5.58. The molecule has 0 aliphatic heterocycles. The van der Waals surface area contributed by atoms with Crippen molar-refractivity contribution in [3.63, 3.8) is 0 Å². The number of rotatable bonds is 3. The molecule has 0 radical (unpaired) electrons. The van der Waals surface area contributed by atoms with Crippen molar-refractivity contribution >= 4 is 28.6 Å². The maximum Gasteiger partial charge on any atom is 0.180 e. The quantitative estimate of drug-likeness (QED) is 0.548. The lowest BCUT2D eigenvalue weighted by atomic mass is 10.2. The number of hydrogen-bond donors (Lipinski definition) is 0. The largest absolute Gasteiger partial charge is 0.587 e. The molecule has 0 saturated heterocycles. The molecule has 0 aliphatic carbocycles. The van der Waals surface area contributed by atoms with E-state index in [1.54, 1.807) is 36.4 Å². The number of hydrogen-bond acceptors (Lipinski definition) is 2. The first-order valence-electron chi connectivity index (χ1n) is 5.94. The highest BCUT2D eigenvalue weighted by Crippen LogP contribution is 2.25. The third kappa shape index (κ3) is 2.11. The van der Waals surface area contributed by atoms with Gasteiger partial charge in [0.1, 0.15) is 28.4 Å². The molecule has 0 N–H and O–H groups in total. The van der Waals surface area contributed by atoms with Crippen molar-refractivity contribution in [3.8, 4) is 0 Å². The molecule has 0 saturated carbocycles. The van der Waals surface area contributed by atoms with Gasteiger partial charge in [-0.25, -0.2) is 4.39 Å². The maximum absolute atomic E-state index is 13.4. The Hall–Kier alpha value is -2.11. The molecule has 100 valence electrons. The average Bonchev–Trinajstić information content (AvgIpc) is 2.85. The fraction of sp³-hybridized carbons (Fsp3) is 0. The van der Waals surface area contributed by atoms with E-state index in [0.29, 0.717) is 22.1 Å². The maximum atomic E-state index is 13.4. The Balaban J connectivity index is 2.23. The van der Waals surface area contributed by atoms with Gasteiger partial charge in [-0.15, -0.1) is 0 Å². The summed E-state index contributed by atoms with van der Waals surface area (Å²) in [5.74, 6) is -0.431. The molecule has 3 aromatic rings. The van der Waals surface area contributed by atoms with Crippen molar-refractivity contribution in [1.82, 2.24) is 3.97 Å². The van der Waals surface area contributed by atoms with Crippen molar-refractivity contribution < 1.29 is 13.7 Å². The van der Waals surface area contributed by atoms with E-state index in [0.717, 1.165) is 0 Å². The third-order valence-corrected chi connectivity index (χ3v) is 4.40. The summed E-state index contributed by atoms with van der Waals surface area (Å²) in [6, 6.07) is 14.5. The predicted molar refractivity (Wildman–Crippen MR) is 75.5 cm³/mol. The summed E-state index contributed by atoms with van der Waals surface area (Å²) in [5.41, 5.74) is 0.696. The molecule has 0 fully saturated rings. The van der Waals surface area contributed by atoms with E-state index in [1.165, 1.54) is 16.1 Å². The topological polar surface area (TPSA) is 45.1 Å². The van der Waals surface area contributed by atoms with Gasteiger partial charge in [0.2, 0.25) is 0 Å². The minimum Gasteiger partial charge on any atom is -0.587 e. The molecule has 1 aromatic heterocycles. The zero-order chi connectivity index (χ0) is 14.1. The molecule has 1 atom stereocenters. The monoisotopic (exact) mass is 287 g/mol. The Morgan fingerprint density at radius 1 is 1.10 bits per heavy atom. The van der Waals surface area contributed by atoms with Crippen LogP contribution in [0.2, 0.25) is 0 Å². The Kier molecular flexibility index (Phi) is 3.30. The smallest absolute Gasteiger partial charge is 0.180 e. The molecule has 3 rings (SSSR count). The summed E-state index contributed by atoms with van der Waals surface area (Å²) < 4.78 is 27.3. The summed E-state index contributed by atoms with van der Waals surface area (Å²) in [6.45, 7) is 0. The SMILES string of the molecule is O=Cc1cc2ccc(F)cc2n1[S+]([O-])c1ccccc1. The number of carbonyl (C=O) groups excluding carboxylic acids is 1. The van der Waals surface area contributed by atoms with Crippen LogP contribution in [0.1, 0.15) is 10.5 Å². The van der Waals surface area contributed by atoms with Crippen LogP contribution in [0.25, 0.3) is 10.9 Å². The number of carbonyl (C=O) groups is 1. The van der Waals surface area contributed by atoms with Crippen LogP contribution in [0, 0.1) is 5.82 Å². The Morgan fingerprint density at radius 3 is 2.55 bits per heavy atom. The van der Waals surface area contributed by atoms with Gasteiger partial charge in [0.15, 0.2) is 11.2 Å². The van der Waals surface area contributed by atoms with Gasteiger partial charge in [-0.2, -0.15) is 3.97 Å². The first-order valence-corrected chi connectivity index (χ1v) is 7.05.